The molecule has 0 fully saturated rings. The lowest BCUT2D eigenvalue weighted by Crippen LogP contribution is -2.38. The van der Waals surface area contributed by atoms with Gasteiger partial charge in [-0.25, -0.2) is 4.57 Å². The van der Waals surface area contributed by atoms with E-state index in [1.807, 2.05) is 12.1 Å². The maximum atomic E-state index is 6.50. The van der Waals surface area contributed by atoms with Crippen molar-refractivity contribution in [3.63, 3.8) is 0 Å². The van der Waals surface area contributed by atoms with Crippen LogP contribution in [-0.4, -0.2) is 4.68 Å². The zero-order valence-electron chi connectivity index (χ0n) is 23.7. The van der Waals surface area contributed by atoms with Crippen LogP contribution in [0.25, 0.3) is 38.9 Å². The quantitative estimate of drug-likeness (QED) is 0.210. The molecular formula is C36H32N4O+2. The Labute approximate surface area is 239 Å². The Hall–Kier alpha value is -5.16. The van der Waals surface area contributed by atoms with Crippen LogP contribution in [0.3, 0.4) is 0 Å². The number of benzene rings is 4. The largest absolute Gasteiger partial charge is 0.455 e. The minimum atomic E-state index is 0.907. The summed E-state index contributed by atoms with van der Waals surface area (Å²) >= 11 is 0. The molecule has 0 amide bonds. The fourth-order valence-corrected chi connectivity index (χ4v) is 6.00. The van der Waals surface area contributed by atoms with Crippen molar-refractivity contribution in [3.05, 3.63) is 133 Å². The number of aryl methyl sites for hydroxylation is 2. The molecule has 7 rings (SSSR count). The topological polar surface area (TPSA) is 29.1 Å². The van der Waals surface area contributed by atoms with Gasteiger partial charge in [-0.3, -0.25) is 0 Å². The van der Waals surface area contributed by atoms with Gasteiger partial charge in [0.25, 0.3) is 5.82 Å². The lowest BCUT2D eigenvalue weighted by molar-refractivity contribution is -0.744. The zero-order chi connectivity index (χ0) is 28.1. The van der Waals surface area contributed by atoms with Gasteiger partial charge in [-0.15, -0.1) is 9.36 Å². The number of nitrogens with zero attached hydrogens (tertiary/aromatic N) is 4. The number of anilines is 3. The van der Waals surface area contributed by atoms with Crippen molar-refractivity contribution >= 4 is 39.1 Å². The highest BCUT2D eigenvalue weighted by molar-refractivity contribution is 6.09. The summed E-state index contributed by atoms with van der Waals surface area (Å²) in [5, 5.41) is 2.27. The molecule has 0 saturated carbocycles. The monoisotopic (exact) mass is 536 g/mol. The number of fused-ring (bicyclic) bond motifs is 3. The molecule has 200 valence electrons. The summed E-state index contributed by atoms with van der Waals surface area (Å²) in [7, 11) is 4.21. The molecule has 4 aromatic carbocycles. The molecule has 5 heteroatoms. The third-order valence-corrected chi connectivity index (χ3v) is 8.09. The summed E-state index contributed by atoms with van der Waals surface area (Å²) < 4.78 is 13.0. The summed E-state index contributed by atoms with van der Waals surface area (Å²) in [6.45, 7) is 4.36. The summed E-state index contributed by atoms with van der Waals surface area (Å²) in [5.74, 6) is 1.05. The number of aromatic nitrogens is 3. The van der Waals surface area contributed by atoms with Crippen molar-refractivity contribution < 1.29 is 13.7 Å². The summed E-state index contributed by atoms with van der Waals surface area (Å²) in [5.41, 5.74) is 9.74. The fraction of sp³-hybridized carbons (Fsp3) is 0.111. The van der Waals surface area contributed by atoms with Crippen LogP contribution in [0.5, 0.6) is 0 Å². The van der Waals surface area contributed by atoms with E-state index in [9.17, 15) is 0 Å². The summed E-state index contributed by atoms with van der Waals surface area (Å²) in [6.07, 6.45) is 4.15. The van der Waals surface area contributed by atoms with Crippen molar-refractivity contribution in [2.75, 3.05) is 4.90 Å². The van der Waals surface area contributed by atoms with E-state index < -0.39 is 0 Å². The summed E-state index contributed by atoms with van der Waals surface area (Å²) in [4.78, 5) is 2.35. The van der Waals surface area contributed by atoms with Gasteiger partial charge in [-0.2, -0.15) is 4.90 Å². The van der Waals surface area contributed by atoms with Gasteiger partial charge in [-0.1, -0.05) is 54.6 Å². The SMILES string of the molecule is Cc1ccc2c(oc3ccccc32)c1-c1cccc(N(c2ccccc2)c2cccc(-n3ccc[n+]3C)c2C)[n+]1C. The highest BCUT2D eigenvalue weighted by Gasteiger charge is 2.29. The number of hydrogen-bond donors (Lipinski definition) is 0. The standard InChI is InChI=1S/C36H32N4O/c1-25-21-22-29-28-15-8-9-19-33(28)41-36(29)35(25)32-18-11-20-34(38(32)4)40(27-13-6-5-7-14-27)31-17-10-16-30(26(31)2)39-24-12-23-37(39)3/h5-24H,1-4H3/q+2. The predicted octanol–water partition coefficient (Wildman–Crippen LogP) is 7.78. The Morgan fingerprint density at radius 1 is 0.707 bits per heavy atom. The van der Waals surface area contributed by atoms with Gasteiger partial charge in [0.15, 0.2) is 13.2 Å². The van der Waals surface area contributed by atoms with Crippen molar-refractivity contribution in [1.82, 2.24) is 4.68 Å². The Balaban J connectivity index is 1.47. The molecule has 0 radical (unpaired) electrons. The van der Waals surface area contributed by atoms with Crippen LogP contribution < -0.4 is 14.1 Å². The second-order valence-corrected chi connectivity index (χ2v) is 10.6. The molecule has 0 aliphatic heterocycles. The van der Waals surface area contributed by atoms with Crippen LogP contribution in [0.1, 0.15) is 11.1 Å². The zero-order valence-corrected chi connectivity index (χ0v) is 23.7. The number of furan rings is 1. The maximum absolute atomic E-state index is 6.50. The first-order valence-electron chi connectivity index (χ1n) is 13.9. The van der Waals surface area contributed by atoms with Crippen molar-refractivity contribution in [2.24, 2.45) is 14.1 Å². The number of para-hydroxylation sites is 2. The Kier molecular flexibility index (Phi) is 5.93. The van der Waals surface area contributed by atoms with Gasteiger partial charge in [0, 0.05) is 28.5 Å². The fourth-order valence-electron chi connectivity index (χ4n) is 6.00. The predicted molar refractivity (Wildman–Crippen MR) is 165 cm³/mol. The van der Waals surface area contributed by atoms with Crippen molar-refractivity contribution in [3.8, 4) is 16.9 Å². The van der Waals surface area contributed by atoms with E-state index in [1.165, 1.54) is 11.1 Å². The van der Waals surface area contributed by atoms with Crippen LogP contribution in [0, 0.1) is 13.8 Å². The molecule has 0 aliphatic carbocycles. The van der Waals surface area contributed by atoms with Gasteiger partial charge in [0.05, 0.1) is 18.8 Å². The van der Waals surface area contributed by atoms with Gasteiger partial charge < -0.3 is 4.42 Å². The Bertz CT molecular complexity index is 2050. The number of rotatable bonds is 5. The number of pyridine rings is 1. The van der Waals surface area contributed by atoms with E-state index in [4.69, 9.17) is 4.42 Å². The van der Waals surface area contributed by atoms with Gasteiger partial charge in [0.2, 0.25) is 0 Å². The highest BCUT2D eigenvalue weighted by Crippen LogP contribution is 2.40. The molecule has 41 heavy (non-hydrogen) atoms. The second kappa shape index (κ2) is 9.79. The van der Waals surface area contributed by atoms with Crippen LogP contribution >= 0.6 is 0 Å². The average molecular weight is 537 g/mol. The molecule has 7 aromatic rings. The average Bonchev–Trinajstić information content (AvgIpc) is 3.59. The van der Waals surface area contributed by atoms with Gasteiger partial charge >= 0.3 is 0 Å². The smallest absolute Gasteiger partial charge is 0.287 e. The molecule has 0 atom stereocenters. The van der Waals surface area contributed by atoms with Crippen molar-refractivity contribution in [2.45, 2.75) is 13.8 Å². The lowest BCUT2D eigenvalue weighted by Gasteiger charge is -2.22. The Morgan fingerprint density at radius 3 is 2.29 bits per heavy atom. The van der Waals surface area contributed by atoms with E-state index in [2.05, 4.69) is 156 Å². The van der Waals surface area contributed by atoms with E-state index >= 15 is 0 Å². The third-order valence-electron chi connectivity index (χ3n) is 8.09. The van der Waals surface area contributed by atoms with E-state index in [1.54, 1.807) is 0 Å². The molecule has 0 saturated heterocycles. The molecule has 0 spiro atoms. The first kappa shape index (κ1) is 24.9. The van der Waals surface area contributed by atoms with Crippen LogP contribution in [-0.2, 0) is 14.1 Å². The molecule has 0 aliphatic rings. The molecule has 3 heterocycles. The normalized spacial score (nSPS) is 11.4. The van der Waals surface area contributed by atoms with E-state index in [0.29, 0.717) is 0 Å². The van der Waals surface area contributed by atoms with E-state index in [-0.39, 0.29) is 0 Å². The second-order valence-electron chi connectivity index (χ2n) is 10.6. The van der Waals surface area contributed by atoms with Crippen LogP contribution in [0.15, 0.2) is 126 Å². The highest BCUT2D eigenvalue weighted by atomic mass is 16.3. The first-order valence-corrected chi connectivity index (χ1v) is 13.9. The maximum Gasteiger partial charge on any atom is 0.287 e. The molecule has 0 unspecified atom stereocenters. The first-order chi connectivity index (χ1) is 20.0. The van der Waals surface area contributed by atoms with E-state index in [0.717, 1.165) is 56.1 Å². The van der Waals surface area contributed by atoms with Crippen LogP contribution in [0.4, 0.5) is 17.2 Å². The molecule has 3 aromatic heterocycles. The molecule has 0 bridgehead atoms. The minimum Gasteiger partial charge on any atom is -0.455 e. The minimum absolute atomic E-state index is 0.907. The van der Waals surface area contributed by atoms with Gasteiger partial charge in [-0.05, 0) is 61.9 Å². The number of hydrogen-bond acceptors (Lipinski definition) is 2. The summed E-state index contributed by atoms with van der Waals surface area (Å²) in [6, 6.07) is 38.3. The third kappa shape index (κ3) is 4.01. The lowest BCUT2D eigenvalue weighted by atomic mass is 10.0. The molecule has 5 nitrogen and oxygen atoms in total. The van der Waals surface area contributed by atoms with Crippen molar-refractivity contribution in [1.29, 1.82) is 0 Å². The Morgan fingerprint density at radius 2 is 1.49 bits per heavy atom. The van der Waals surface area contributed by atoms with Crippen LogP contribution in [0.2, 0.25) is 0 Å². The molecular weight excluding hydrogens is 504 g/mol. The molecule has 0 N–H and O–H groups in total. The van der Waals surface area contributed by atoms with Gasteiger partial charge in [0.1, 0.15) is 33.9 Å².